The van der Waals surface area contributed by atoms with E-state index in [1.54, 1.807) is 11.0 Å². The van der Waals surface area contributed by atoms with Crippen LogP contribution in [0.4, 0.5) is 13.2 Å². The van der Waals surface area contributed by atoms with Crippen molar-refractivity contribution in [1.29, 1.82) is 0 Å². The van der Waals surface area contributed by atoms with Gasteiger partial charge in [0.05, 0.1) is 22.6 Å². The van der Waals surface area contributed by atoms with Crippen molar-refractivity contribution in [3.8, 4) is 11.5 Å². The number of nitrogens with zero attached hydrogens (tertiary/aromatic N) is 2. The summed E-state index contributed by atoms with van der Waals surface area (Å²) in [6.07, 6.45) is 1.70. The topological polar surface area (TPSA) is 73.2 Å². The fourth-order valence-electron chi connectivity index (χ4n) is 8.17. The van der Waals surface area contributed by atoms with Gasteiger partial charge in [-0.15, -0.1) is 6.58 Å². The van der Waals surface area contributed by atoms with Gasteiger partial charge in [0.2, 0.25) is 5.91 Å². The first-order valence-electron chi connectivity index (χ1n) is 14.7. The zero-order valence-electron chi connectivity index (χ0n) is 23.9. The highest BCUT2D eigenvalue weighted by molar-refractivity contribution is 5.92. The van der Waals surface area contributed by atoms with Crippen LogP contribution in [0, 0.1) is 5.92 Å². The number of aromatic hydroxyl groups is 1. The van der Waals surface area contributed by atoms with E-state index in [1.165, 1.54) is 24.3 Å². The SMILES string of the molecule is C=CCN1CC[C@]23c4c5ccc(O)c4OC2C(N(CC(C)C)C(=O)/C=C/c2cccc(C(F)(F)F)c2)CC[C@@]3(O)[C@H]1C5. The fraction of sp³-hybridized carbons (Fsp3) is 0.485. The number of rotatable bonds is 7. The van der Waals surface area contributed by atoms with Crippen molar-refractivity contribution in [3.05, 3.63) is 77.4 Å². The molecule has 2 aromatic rings. The molecular weight excluding hydrogens is 545 g/mol. The van der Waals surface area contributed by atoms with E-state index in [4.69, 9.17) is 4.74 Å². The third-order valence-corrected chi connectivity index (χ3v) is 9.78. The van der Waals surface area contributed by atoms with Gasteiger partial charge in [0.15, 0.2) is 11.5 Å². The van der Waals surface area contributed by atoms with E-state index >= 15 is 0 Å². The van der Waals surface area contributed by atoms with Gasteiger partial charge in [-0.05, 0) is 73.5 Å². The summed E-state index contributed by atoms with van der Waals surface area (Å²) >= 11 is 0. The summed E-state index contributed by atoms with van der Waals surface area (Å²) in [7, 11) is 0. The molecule has 2 bridgehead atoms. The molecule has 4 aliphatic rings. The number of hydrogen-bond acceptors (Lipinski definition) is 5. The van der Waals surface area contributed by atoms with Crippen molar-refractivity contribution < 1.29 is 32.9 Å². The smallest absolute Gasteiger partial charge is 0.416 e. The molecular formula is C33H37F3N2O4. The molecule has 1 saturated carbocycles. The van der Waals surface area contributed by atoms with Gasteiger partial charge in [-0.2, -0.15) is 13.2 Å². The number of halogens is 3. The lowest BCUT2D eigenvalue weighted by Gasteiger charge is -2.64. The number of benzene rings is 2. The van der Waals surface area contributed by atoms with Gasteiger partial charge < -0.3 is 19.8 Å². The van der Waals surface area contributed by atoms with Crippen molar-refractivity contribution in [2.75, 3.05) is 19.6 Å². The number of carbonyl (C=O) groups excluding carboxylic acids is 1. The second-order valence-electron chi connectivity index (χ2n) is 12.6. The van der Waals surface area contributed by atoms with Crippen LogP contribution >= 0.6 is 0 Å². The predicted octanol–water partition coefficient (Wildman–Crippen LogP) is 5.32. The van der Waals surface area contributed by atoms with Gasteiger partial charge in [-0.3, -0.25) is 9.69 Å². The molecule has 2 aromatic carbocycles. The van der Waals surface area contributed by atoms with Crippen molar-refractivity contribution in [2.45, 2.75) is 74.9 Å². The minimum Gasteiger partial charge on any atom is -0.504 e. The van der Waals surface area contributed by atoms with E-state index in [-0.39, 0.29) is 29.2 Å². The summed E-state index contributed by atoms with van der Waals surface area (Å²) in [6, 6.07) is 7.88. The van der Waals surface area contributed by atoms with Crippen LogP contribution in [0.5, 0.6) is 11.5 Å². The van der Waals surface area contributed by atoms with Gasteiger partial charge in [0.25, 0.3) is 0 Å². The quantitative estimate of drug-likeness (QED) is 0.342. The Bertz CT molecular complexity index is 1440. The molecule has 6 nitrogen and oxygen atoms in total. The second kappa shape index (κ2) is 10.2. The summed E-state index contributed by atoms with van der Waals surface area (Å²) in [5.74, 6) is 0.204. The second-order valence-corrected chi connectivity index (χ2v) is 12.6. The number of ether oxygens (including phenoxy) is 1. The van der Waals surface area contributed by atoms with Crippen molar-refractivity contribution in [2.24, 2.45) is 5.92 Å². The maximum atomic E-state index is 13.8. The Balaban J connectivity index is 1.39. The largest absolute Gasteiger partial charge is 0.504 e. The van der Waals surface area contributed by atoms with Gasteiger partial charge in [-0.25, -0.2) is 0 Å². The number of likely N-dealkylation sites (tertiary alicyclic amines) is 1. The van der Waals surface area contributed by atoms with E-state index in [1.807, 2.05) is 26.0 Å². The van der Waals surface area contributed by atoms with E-state index < -0.39 is 34.9 Å². The summed E-state index contributed by atoms with van der Waals surface area (Å²) in [4.78, 5) is 17.9. The van der Waals surface area contributed by atoms with Crippen molar-refractivity contribution in [3.63, 3.8) is 0 Å². The number of hydrogen-bond donors (Lipinski definition) is 2. The standard InChI is InChI=1S/C33H37F3N2O4/c1-4-15-37-16-14-31-28-22-9-10-25(39)29(28)42-30(31)24(12-13-32(31,41)26(37)18-22)38(19-20(2)3)27(40)11-8-21-6-5-7-23(17-21)33(34,35)36/h4-11,17,20,24,26,30,39,41H,1,12-16,18-19H2,2-3H3/b11-8+/t24?,26-,30?,31+,32-/m1/s1. The molecule has 1 spiro atoms. The lowest BCUT2D eigenvalue weighted by atomic mass is 9.48. The lowest BCUT2D eigenvalue weighted by Crippen LogP contribution is -2.78. The molecule has 2 aliphatic carbocycles. The summed E-state index contributed by atoms with van der Waals surface area (Å²) in [6.45, 7) is 9.71. The van der Waals surface area contributed by atoms with Crippen LogP contribution in [0.3, 0.4) is 0 Å². The minimum absolute atomic E-state index is 0.0248. The highest BCUT2D eigenvalue weighted by Gasteiger charge is 2.73. The molecule has 2 heterocycles. The molecule has 2 fully saturated rings. The molecule has 2 N–H and O–H groups in total. The molecule has 224 valence electrons. The molecule has 1 saturated heterocycles. The maximum absolute atomic E-state index is 13.8. The first kappa shape index (κ1) is 28.8. The minimum atomic E-state index is -4.48. The molecule has 9 heteroatoms. The van der Waals surface area contributed by atoms with Crippen LogP contribution in [0.1, 0.15) is 55.4 Å². The predicted molar refractivity (Wildman–Crippen MR) is 153 cm³/mol. The van der Waals surface area contributed by atoms with Crippen LogP contribution in [0.2, 0.25) is 0 Å². The molecule has 5 atom stereocenters. The Morgan fingerprint density at radius 1 is 1.26 bits per heavy atom. The van der Waals surface area contributed by atoms with Gasteiger partial charge in [-0.1, -0.05) is 38.1 Å². The first-order chi connectivity index (χ1) is 19.9. The summed E-state index contributed by atoms with van der Waals surface area (Å²) in [5.41, 5.74) is -0.513. The Morgan fingerprint density at radius 2 is 2.05 bits per heavy atom. The lowest BCUT2D eigenvalue weighted by molar-refractivity contribution is -0.199. The van der Waals surface area contributed by atoms with Gasteiger partial charge in [0, 0.05) is 30.8 Å². The highest BCUT2D eigenvalue weighted by atomic mass is 19.4. The van der Waals surface area contributed by atoms with Crippen LogP contribution in [0.15, 0.2) is 55.1 Å². The molecule has 42 heavy (non-hydrogen) atoms. The van der Waals surface area contributed by atoms with Gasteiger partial charge >= 0.3 is 6.18 Å². The number of carbonyl (C=O) groups is 1. The number of aliphatic hydroxyl groups is 1. The third kappa shape index (κ3) is 4.27. The number of alkyl halides is 3. The van der Waals surface area contributed by atoms with Gasteiger partial charge in [0.1, 0.15) is 6.10 Å². The van der Waals surface area contributed by atoms with E-state index in [0.717, 1.165) is 23.3 Å². The molecule has 2 aliphatic heterocycles. The Kier molecular flexibility index (Phi) is 6.97. The van der Waals surface area contributed by atoms with E-state index in [0.29, 0.717) is 51.1 Å². The third-order valence-electron chi connectivity index (χ3n) is 9.78. The van der Waals surface area contributed by atoms with Crippen LogP contribution in [0.25, 0.3) is 6.08 Å². The van der Waals surface area contributed by atoms with Crippen LogP contribution < -0.4 is 4.74 Å². The van der Waals surface area contributed by atoms with E-state index in [9.17, 15) is 28.2 Å². The number of phenols is 1. The number of phenolic OH excluding ortho intramolecular Hbond substituents is 1. The Morgan fingerprint density at radius 3 is 2.76 bits per heavy atom. The monoisotopic (exact) mass is 582 g/mol. The molecule has 0 aromatic heterocycles. The zero-order valence-corrected chi connectivity index (χ0v) is 23.9. The van der Waals surface area contributed by atoms with Crippen LogP contribution in [-0.2, 0) is 22.8 Å². The molecule has 0 radical (unpaired) electrons. The van der Waals surface area contributed by atoms with Crippen LogP contribution in [-0.4, -0.2) is 69.3 Å². The molecule has 6 rings (SSSR count). The van der Waals surface area contributed by atoms with Crippen molar-refractivity contribution in [1.82, 2.24) is 9.80 Å². The summed E-state index contributed by atoms with van der Waals surface area (Å²) < 4.78 is 46.4. The average Bonchev–Trinajstić information content (AvgIpc) is 3.29. The molecule has 1 amide bonds. The number of piperidine rings is 1. The fourth-order valence-corrected chi connectivity index (χ4v) is 8.17. The zero-order chi connectivity index (χ0) is 30.0. The first-order valence-corrected chi connectivity index (χ1v) is 14.7. The maximum Gasteiger partial charge on any atom is 0.416 e. The Hall–Kier alpha value is -3.30. The highest BCUT2D eigenvalue weighted by Crippen LogP contribution is 2.65. The van der Waals surface area contributed by atoms with Crippen molar-refractivity contribution >= 4 is 12.0 Å². The normalized spacial score (nSPS) is 29.8. The molecule has 2 unspecified atom stereocenters. The Labute approximate surface area is 244 Å². The average molecular weight is 583 g/mol. The summed E-state index contributed by atoms with van der Waals surface area (Å²) in [5, 5.41) is 23.5. The van der Waals surface area contributed by atoms with E-state index in [2.05, 4.69) is 11.5 Å². The number of amides is 1.